The van der Waals surface area contributed by atoms with Gasteiger partial charge in [0.1, 0.15) is 5.75 Å². The number of aliphatic hydroxyl groups is 1. The highest BCUT2D eigenvalue weighted by atomic mass is 16.5. The van der Waals surface area contributed by atoms with E-state index in [9.17, 15) is 9.90 Å². The largest absolute Gasteiger partial charge is 0.493 e. The van der Waals surface area contributed by atoms with E-state index in [1.165, 1.54) is 16.7 Å². The first-order valence-electron chi connectivity index (χ1n) is 12.7. The summed E-state index contributed by atoms with van der Waals surface area (Å²) < 4.78 is 5.65. The van der Waals surface area contributed by atoms with E-state index in [2.05, 4.69) is 46.6 Å². The molecular weight excluding hydrogens is 436 g/mol. The standard InChI is InChI=1S/C30H32N2O3/c33-27(19-21-6-2-1-3-7-21)31-28-24-8-4-5-9-25(24)30(29(28)34)13-15-32(16-14-30)20-22-10-11-26-23(18-22)12-17-35-26/h1-11,18,28-29,34H,12-17,19-20H2,(H,31,33)/t28-,29+/m1/s1. The van der Waals surface area contributed by atoms with Crippen molar-refractivity contribution in [3.8, 4) is 5.75 Å². The summed E-state index contributed by atoms with van der Waals surface area (Å²) >= 11 is 0. The summed E-state index contributed by atoms with van der Waals surface area (Å²) in [6.45, 7) is 3.54. The lowest BCUT2D eigenvalue weighted by molar-refractivity contribution is -0.122. The highest BCUT2D eigenvalue weighted by molar-refractivity contribution is 5.79. The van der Waals surface area contributed by atoms with Gasteiger partial charge in [0.15, 0.2) is 0 Å². The minimum absolute atomic E-state index is 0.0508. The second-order valence-corrected chi connectivity index (χ2v) is 10.2. The van der Waals surface area contributed by atoms with Gasteiger partial charge in [0.2, 0.25) is 5.91 Å². The van der Waals surface area contributed by atoms with Crippen molar-refractivity contribution >= 4 is 5.91 Å². The van der Waals surface area contributed by atoms with Gasteiger partial charge < -0.3 is 15.2 Å². The van der Waals surface area contributed by atoms with Crippen molar-refractivity contribution < 1.29 is 14.6 Å². The number of carbonyl (C=O) groups is 1. The number of rotatable bonds is 5. The Labute approximate surface area is 206 Å². The molecule has 3 aromatic rings. The van der Waals surface area contributed by atoms with Crippen LogP contribution in [0.1, 0.15) is 46.7 Å². The third-order valence-corrected chi connectivity index (χ3v) is 8.15. The summed E-state index contributed by atoms with van der Waals surface area (Å²) in [4.78, 5) is 15.4. The second kappa shape index (κ2) is 9.14. The van der Waals surface area contributed by atoms with Gasteiger partial charge in [0.25, 0.3) is 0 Å². The number of nitrogens with one attached hydrogen (secondary N) is 1. The van der Waals surface area contributed by atoms with Crippen molar-refractivity contribution in [3.05, 3.63) is 101 Å². The molecule has 1 fully saturated rings. The van der Waals surface area contributed by atoms with Crippen LogP contribution in [0.2, 0.25) is 0 Å². The van der Waals surface area contributed by atoms with E-state index in [0.29, 0.717) is 6.42 Å². The number of aliphatic hydroxyl groups excluding tert-OH is 1. The molecule has 3 aromatic carbocycles. The van der Waals surface area contributed by atoms with E-state index in [1.807, 2.05) is 36.4 Å². The van der Waals surface area contributed by atoms with Crippen LogP contribution < -0.4 is 10.1 Å². The number of nitrogens with zero attached hydrogens (tertiary/aromatic N) is 1. The molecule has 0 unspecified atom stereocenters. The lowest BCUT2D eigenvalue weighted by Gasteiger charge is -2.43. The van der Waals surface area contributed by atoms with E-state index in [-0.39, 0.29) is 17.4 Å². The predicted molar refractivity (Wildman–Crippen MR) is 135 cm³/mol. The van der Waals surface area contributed by atoms with Crippen molar-refractivity contribution in [2.24, 2.45) is 0 Å². The minimum atomic E-state index is -0.626. The Hall–Kier alpha value is -3.15. The molecule has 2 atom stereocenters. The lowest BCUT2D eigenvalue weighted by Crippen LogP contribution is -2.49. The fourth-order valence-corrected chi connectivity index (χ4v) is 6.30. The smallest absolute Gasteiger partial charge is 0.224 e. The van der Waals surface area contributed by atoms with Crippen LogP contribution in [0.25, 0.3) is 0 Å². The number of amides is 1. The molecule has 180 valence electrons. The lowest BCUT2D eigenvalue weighted by atomic mass is 9.72. The van der Waals surface area contributed by atoms with Gasteiger partial charge in [-0.15, -0.1) is 0 Å². The van der Waals surface area contributed by atoms with E-state index >= 15 is 0 Å². The highest BCUT2D eigenvalue weighted by Gasteiger charge is 2.52. The third kappa shape index (κ3) is 4.13. The Kier molecular flexibility index (Phi) is 5.83. The molecule has 0 radical (unpaired) electrons. The maximum atomic E-state index is 12.9. The van der Waals surface area contributed by atoms with Gasteiger partial charge in [-0.3, -0.25) is 9.69 Å². The van der Waals surface area contributed by atoms with Gasteiger partial charge in [0, 0.05) is 18.4 Å². The fraction of sp³-hybridized carbons (Fsp3) is 0.367. The summed E-state index contributed by atoms with van der Waals surface area (Å²) in [5.41, 5.74) is 5.56. The summed E-state index contributed by atoms with van der Waals surface area (Å²) in [5.74, 6) is 0.975. The molecule has 6 rings (SSSR count). The molecule has 5 heteroatoms. The Morgan fingerprint density at radius 2 is 1.77 bits per heavy atom. The van der Waals surface area contributed by atoms with Gasteiger partial charge in [-0.1, -0.05) is 66.7 Å². The Bertz CT molecular complexity index is 1220. The van der Waals surface area contributed by atoms with E-state index in [0.717, 1.165) is 62.4 Å². The topological polar surface area (TPSA) is 61.8 Å². The fourth-order valence-electron chi connectivity index (χ4n) is 6.30. The predicted octanol–water partition coefficient (Wildman–Crippen LogP) is 3.93. The van der Waals surface area contributed by atoms with Crippen LogP contribution >= 0.6 is 0 Å². The Morgan fingerprint density at radius 3 is 2.60 bits per heavy atom. The third-order valence-electron chi connectivity index (χ3n) is 8.15. The van der Waals surface area contributed by atoms with E-state index in [1.54, 1.807) is 0 Å². The highest BCUT2D eigenvalue weighted by Crippen LogP contribution is 2.51. The number of hydrogen-bond donors (Lipinski definition) is 2. The Balaban J connectivity index is 1.16. The SMILES string of the molecule is O=C(Cc1ccccc1)N[C@@H]1c2ccccc2C2(CCN(Cc3ccc4c(c3)CCO4)CC2)[C@H]1O. The molecule has 0 bridgehead atoms. The van der Waals surface area contributed by atoms with Crippen molar-refractivity contribution in [2.75, 3.05) is 19.7 Å². The number of benzene rings is 3. The first-order chi connectivity index (χ1) is 17.1. The van der Waals surface area contributed by atoms with Crippen molar-refractivity contribution in [1.82, 2.24) is 10.2 Å². The van der Waals surface area contributed by atoms with Gasteiger partial charge in [-0.25, -0.2) is 0 Å². The van der Waals surface area contributed by atoms with E-state index in [4.69, 9.17) is 4.74 Å². The summed E-state index contributed by atoms with van der Waals surface area (Å²) in [6.07, 6.45) is 2.44. The average Bonchev–Trinajstić information content (AvgIpc) is 3.43. The molecule has 0 aromatic heterocycles. The molecule has 2 heterocycles. The molecule has 2 aliphatic heterocycles. The van der Waals surface area contributed by atoms with Crippen molar-refractivity contribution in [3.63, 3.8) is 0 Å². The van der Waals surface area contributed by atoms with E-state index < -0.39 is 6.10 Å². The number of hydrogen-bond acceptors (Lipinski definition) is 4. The maximum Gasteiger partial charge on any atom is 0.224 e. The normalized spacial score (nSPS) is 22.4. The molecule has 3 aliphatic rings. The molecule has 1 saturated heterocycles. The number of ether oxygens (including phenoxy) is 1. The quantitative estimate of drug-likeness (QED) is 0.596. The minimum Gasteiger partial charge on any atom is -0.493 e. The molecule has 5 nitrogen and oxygen atoms in total. The molecule has 2 N–H and O–H groups in total. The molecule has 1 amide bonds. The number of likely N-dealkylation sites (tertiary alicyclic amines) is 1. The van der Waals surface area contributed by atoms with Crippen molar-refractivity contribution in [2.45, 2.75) is 49.8 Å². The van der Waals surface area contributed by atoms with Crippen LogP contribution in [0.15, 0.2) is 72.8 Å². The summed E-state index contributed by atoms with van der Waals surface area (Å²) in [7, 11) is 0. The summed E-state index contributed by atoms with van der Waals surface area (Å²) in [5, 5.41) is 14.8. The first kappa shape index (κ1) is 22.3. The second-order valence-electron chi connectivity index (χ2n) is 10.2. The average molecular weight is 469 g/mol. The zero-order valence-corrected chi connectivity index (χ0v) is 20.0. The van der Waals surface area contributed by atoms with Gasteiger partial charge in [-0.05, 0) is 59.8 Å². The molecule has 35 heavy (non-hydrogen) atoms. The monoisotopic (exact) mass is 468 g/mol. The molecule has 1 aliphatic carbocycles. The number of piperidine rings is 1. The van der Waals surface area contributed by atoms with Crippen LogP contribution in [0.5, 0.6) is 5.75 Å². The van der Waals surface area contributed by atoms with Crippen LogP contribution in [-0.2, 0) is 29.6 Å². The molecular formula is C30H32N2O3. The number of fused-ring (bicyclic) bond motifs is 3. The maximum absolute atomic E-state index is 12.9. The number of carbonyl (C=O) groups excluding carboxylic acids is 1. The molecule has 0 saturated carbocycles. The van der Waals surface area contributed by atoms with Crippen LogP contribution in [-0.4, -0.2) is 41.7 Å². The Morgan fingerprint density at radius 1 is 1.00 bits per heavy atom. The van der Waals surface area contributed by atoms with Gasteiger partial charge >= 0.3 is 0 Å². The first-order valence-corrected chi connectivity index (χ1v) is 12.7. The van der Waals surface area contributed by atoms with Gasteiger partial charge in [-0.2, -0.15) is 0 Å². The van der Waals surface area contributed by atoms with Crippen LogP contribution in [0.3, 0.4) is 0 Å². The van der Waals surface area contributed by atoms with Gasteiger partial charge in [0.05, 0.1) is 25.2 Å². The van der Waals surface area contributed by atoms with Crippen LogP contribution in [0.4, 0.5) is 0 Å². The zero-order valence-electron chi connectivity index (χ0n) is 20.0. The van der Waals surface area contributed by atoms with Crippen LogP contribution in [0, 0.1) is 0 Å². The summed E-state index contributed by atoms with van der Waals surface area (Å²) in [6, 6.07) is 24.2. The zero-order chi connectivity index (χ0) is 23.8. The van der Waals surface area contributed by atoms with Crippen molar-refractivity contribution in [1.29, 1.82) is 0 Å². The molecule has 1 spiro atoms.